The van der Waals surface area contributed by atoms with Crippen molar-refractivity contribution in [2.75, 3.05) is 0 Å². The van der Waals surface area contributed by atoms with Gasteiger partial charge >= 0.3 is 5.63 Å². The van der Waals surface area contributed by atoms with Gasteiger partial charge in [0.1, 0.15) is 5.58 Å². The molecule has 0 saturated heterocycles. The fraction of sp³-hybridized carbons (Fsp3) is 0.0556. The molecule has 3 rings (SSSR count). The largest absolute Gasteiger partial charge is 0.422 e. The molecule has 24 heavy (non-hydrogen) atoms. The molecule has 1 heterocycles. The Kier molecular flexibility index (Phi) is 4.44. The monoisotopic (exact) mass is 340 g/mol. The second-order valence-corrected chi connectivity index (χ2v) is 5.57. The van der Waals surface area contributed by atoms with Gasteiger partial charge in [0, 0.05) is 16.0 Å². The molecular formula is C18H13ClN2O3. The summed E-state index contributed by atoms with van der Waals surface area (Å²) >= 11 is 5.78. The quantitative estimate of drug-likeness (QED) is 0.450. The lowest BCUT2D eigenvalue weighted by molar-refractivity contribution is 0.0955. The second-order valence-electron chi connectivity index (χ2n) is 5.13. The highest BCUT2D eigenvalue weighted by atomic mass is 35.5. The van der Waals surface area contributed by atoms with E-state index in [1.807, 2.05) is 12.1 Å². The van der Waals surface area contributed by atoms with Crippen molar-refractivity contribution in [3.8, 4) is 0 Å². The summed E-state index contributed by atoms with van der Waals surface area (Å²) in [6.45, 7) is 1.63. The molecule has 3 aromatic rings. The highest BCUT2D eigenvalue weighted by Gasteiger charge is 2.09. The predicted octanol–water partition coefficient (Wildman–Crippen LogP) is 3.60. The van der Waals surface area contributed by atoms with Crippen molar-refractivity contribution < 1.29 is 9.21 Å². The zero-order valence-electron chi connectivity index (χ0n) is 12.7. The van der Waals surface area contributed by atoms with E-state index in [2.05, 4.69) is 10.5 Å². The Hall–Kier alpha value is -2.92. The minimum Gasteiger partial charge on any atom is -0.422 e. The molecule has 1 N–H and O–H groups in total. The Morgan fingerprint density at radius 1 is 1.12 bits per heavy atom. The Labute approximate surface area is 142 Å². The molecule has 0 aliphatic carbocycles. The summed E-state index contributed by atoms with van der Waals surface area (Å²) in [6.07, 6.45) is 0. The van der Waals surface area contributed by atoms with E-state index in [0.29, 0.717) is 27.4 Å². The van der Waals surface area contributed by atoms with E-state index in [-0.39, 0.29) is 0 Å². The van der Waals surface area contributed by atoms with Crippen molar-refractivity contribution >= 4 is 34.2 Å². The van der Waals surface area contributed by atoms with Crippen LogP contribution in [0.4, 0.5) is 0 Å². The molecule has 5 nitrogen and oxygen atoms in total. The van der Waals surface area contributed by atoms with Gasteiger partial charge in [0.05, 0.1) is 11.3 Å². The first-order valence-electron chi connectivity index (χ1n) is 7.18. The average Bonchev–Trinajstić information content (AvgIpc) is 2.59. The number of hydrogen-bond donors (Lipinski definition) is 1. The zero-order chi connectivity index (χ0) is 17.1. The molecule has 1 amide bonds. The number of hydrazone groups is 1. The molecule has 0 spiro atoms. The van der Waals surface area contributed by atoms with Gasteiger partial charge in [-0.2, -0.15) is 5.10 Å². The minimum atomic E-state index is -0.504. The van der Waals surface area contributed by atoms with Crippen molar-refractivity contribution in [1.82, 2.24) is 5.43 Å². The van der Waals surface area contributed by atoms with Gasteiger partial charge in [0.2, 0.25) is 0 Å². The first kappa shape index (κ1) is 16.0. The Morgan fingerprint density at radius 3 is 2.58 bits per heavy atom. The van der Waals surface area contributed by atoms with Crippen LogP contribution in [0.1, 0.15) is 22.8 Å². The predicted molar refractivity (Wildman–Crippen MR) is 93.6 cm³/mol. The Bertz CT molecular complexity index is 991. The normalized spacial score (nSPS) is 11.5. The maximum Gasteiger partial charge on any atom is 0.345 e. The third-order valence-corrected chi connectivity index (χ3v) is 3.71. The molecule has 1 aromatic heterocycles. The lowest BCUT2D eigenvalue weighted by atomic mass is 10.1. The fourth-order valence-corrected chi connectivity index (χ4v) is 2.30. The van der Waals surface area contributed by atoms with Gasteiger partial charge in [-0.05, 0) is 43.3 Å². The number of carbonyl (C=O) groups is 1. The van der Waals surface area contributed by atoms with Crippen molar-refractivity contribution in [2.24, 2.45) is 5.10 Å². The van der Waals surface area contributed by atoms with Gasteiger partial charge in [-0.25, -0.2) is 10.2 Å². The van der Waals surface area contributed by atoms with Gasteiger partial charge in [-0.1, -0.05) is 29.8 Å². The molecule has 0 saturated carbocycles. The van der Waals surface area contributed by atoms with Crippen LogP contribution in [-0.2, 0) is 0 Å². The number of amides is 1. The number of nitrogens with one attached hydrogen (secondary N) is 1. The molecule has 0 radical (unpaired) electrons. The van der Waals surface area contributed by atoms with E-state index in [1.165, 1.54) is 0 Å². The van der Waals surface area contributed by atoms with E-state index in [4.69, 9.17) is 16.0 Å². The van der Waals surface area contributed by atoms with Crippen molar-refractivity contribution in [3.63, 3.8) is 0 Å². The summed E-state index contributed by atoms with van der Waals surface area (Å²) in [5, 5.41) is 5.31. The lowest BCUT2D eigenvalue weighted by Gasteiger charge is -2.03. The highest BCUT2D eigenvalue weighted by molar-refractivity contribution is 6.30. The molecule has 0 aliphatic heterocycles. The molecule has 0 atom stereocenters. The van der Waals surface area contributed by atoms with Crippen LogP contribution < -0.4 is 11.1 Å². The molecule has 120 valence electrons. The van der Waals surface area contributed by atoms with Gasteiger partial charge < -0.3 is 4.42 Å². The van der Waals surface area contributed by atoms with Crippen LogP contribution in [0.2, 0.25) is 5.02 Å². The summed E-state index contributed by atoms with van der Waals surface area (Å²) in [5.74, 6) is -0.392. The van der Waals surface area contributed by atoms with Crippen LogP contribution in [0.15, 0.2) is 68.9 Å². The van der Waals surface area contributed by atoms with Gasteiger partial charge in [0.15, 0.2) is 0 Å². The van der Waals surface area contributed by atoms with E-state index >= 15 is 0 Å². The zero-order valence-corrected chi connectivity index (χ0v) is 13.5. The summed E-state index contributed by atoms with van der Waals surface area (Å²) in [4.78, 5) is 24.1. The van der Waals surface area contributed by atoms with Crippen LogP contribution in [0, 0.1) is 0 Å². The third kappa shape index (κ3) is 3.36. The van der Waals surface area contributed by atoms with E-state index in [9.17, 15) is 9.59 Å². The van der Waals surface area contributed by atoms with Gasteiger partial charge in [0.25, 0.3) is 5.91 Å². The summed E-state index contributed by atoms with van der Waals surface area (Å²) in [6, 6.07) is 15.3. The molecule has 0 unspecified atom stereocenters. The summed E-state index contributed by atoms with van der Waals surface area (Å²) < 4.78 is 5.25. The molecule has 0 aliphatic rings. The number of hydrogen-bond acceptors (Lipinski definition) is 4. The van der Waals surface area contributed by atoms with E-state index in [1.54, 1.807) is 49.4 Å². The summed E-state index contributed by atoms with van der Waals surface area (Å²) in [5.41, 5.74) is 3.49. The molecule has 6 heteroatoms. The van der Waals surface area contributed by atoms with Gasteiger partial charge in [-0.15, -0.1) is 0 Å². The highest BCUT2D eigenvalue weighted by Crippen LogP contribution is 2.13. The number of rotatable bonds is 3. The lowest BCUT2D eigenvalue weighted by Crippen LogP contribution is -2.21. The van der Waals surface area contributed by atoms with Crippen LogP contribution in [-0.4, -0.2) is 11.6 Å². The third-order valence-electron chi connectivity index (χ3n) is 3.46. The maximum atomic E-state index is 12.1. The smallest absolute Gasteiger partial charge is 0.345 e. The number of fused-ring (bicyclic) bond motifs is 1. The number of benzene rings is 2. The summed E-state index contributed by atoms with van der Waals surface area (Å²) in [7, 11) is 0. The minimum absolute atomic E-state index is 0.296. The van der Waals surface area contributed by atoms with Crippen molar-refractivity contribution in [3.05, 3.63) is 81.2 Å². The van der Waals surface area contributed by atoms with Gasteiger partial charge in [-0.3, -0.25) is 4.79 Å². The second kappa shape index (κ2) is 6.68. The van der Waals surface area contributed by atoms with Crippen LogP contribution in [0.5, 0.6) is 0 Å². The molecule has 2 aromatic carbocycles. The van der Waals surface area contributed by atoms with Crippen LogP contribution >= 0.6 is 11.6 Å². The average molecular weight is 341 g/mol. The molecule has 0 bridgehead atoms. The first-order chi connectivity index (χ1) is 11.5. The molecular weight excluding hydrogens is 328 g/mol. The Balaban J connectivity index is 1.85. The van der Waals surface area contributed by atoms with Crippen molar-refractivity contribution in [1.29, 1.82) is 0 Å². The van der Waals surface area contributed by atoms with E-state index < -0.39 is 11.5 Å². The number of para-hydroxylation sites is 1. The van der Waals surface area contributed by atoms with Crippen molar-refractivity contribution in [2.45, 2.75) is 6.92 Å². The SMILES string of the molecule is C/C(=N/NC(=O)c1ccc(Cl)cc1)c1cc2ccccc2oc1=O. The number of carbonyl (C=O) groups excluding carboxylic acids is 1. The standard InChI is InChI=1S/C18H13ClN2O3/c1-11(20-21-17(22)12-6-8-14(19)9-7-12)15-10-13-4-2-3-5-16(13)24-18(15)23/h2-10H,1H3,(H,21,22)/b20-11-. The number of nitrogens with zero attached hydrogens (tertiary/aromatic N) is 1. The fourth-order valence-electron chi connectivity index (χ4n) is 2.17. The Morgan fingerprint density at radius 2 is 1.83 bits per heavy atom. The first-order valence-corrected chi connectivity index (χ1v) is 7.56. The van der Waals surface area contributed by atoms with E-state index in [0.717, 1.165) is 5.39 Å². The number of halogens is 1. The maximum absolute atomic E-state index is 12.1. The molecule has 0 fully saturated rings. The van der Waals surface area contributed by atoms with Crippen LogP contribution in [0.25, 0.3) is 11.0 Å². The van der Waals surface area contributed by atoms with Crippen LogP contribution in [0.3, 0.4) is 0 Å². The topological polar surface area (TPSA) is 71.7 Å².